The second-order valence-corrected chi connectivity index (χ2v) is 6.10. The molecule has 1 amide bonds. The maximum Gasteiger partial charge on any atom is 0.246 e. The summed E-state index contributed by atoms with van der Waals surface area (Å²) in [5, 5.41) is 6.64. The Balaban J connectivity index is 1.85. The van der Waals surface area contributed by atoms with E-state index in [0.29, 0.717) is 0 Å². The smallest absolute Gasteiger partial charge is 0.246 e. The average Bonchev–Trinajstić information content (AvgIpc) is 2.76. The molecule has 102 valence electrons. The Bertz CT molecular complexity index is 657. The topological polar surface area (TPSA) is 41.1 Å². The number of fused-ring (bicyclic) bond motifs is 1. The minimum Gasteiger partial charge on any atom is -0.324 e. The lowest BCUT2D eigenvalue weighted by molar-refractivity contribution is -0.117. The molecule has 20 heavy (non-hydrogen) atoms. The van der Waals surface area contributed by atoms with E-state index in [1.165, 1.54) is 0 Å². The molecule has 1 heterocycles. The number of likely N-dealkylation sites (N-methyl/N-ethyl adjacent to an activating group) is 1. The molecule has 0 aliphatic carbocycles. The van der Waals surface area contributed by atoms with Crippen molar-refractivity contribution in [2.45, 2.75) is 15.8 Å². The van der Waals surface area contributed by atoms with Crippen molar-refractivity contribution in [2.24, 2.45) is 0 Å². The zero-order valence-electron chi connectivity index (χ0n) is 10.8. The zero-order chi connectivity index (χ0) is 14.1. The third kappa shape index (κ3) is 2.54. The molecule has 0 fully saturated rings. The summed E-state index contributed by atoms with van der Waals surface area (Å²) in [6.45, 7) is 0. The number of hydrogen-bond donors (Lipinski definition) is 2. The number of halogens is 1. The first-order valence-corrected chi connectivity index (χ1v) is 7.42. The molecule has 0 aromatic heterocycles. The van der Waals surface area contributed by atoms with Gasteiger partial charge in [-0.15, -0.1) is 0 Å². The van der Waals surface area contributed by atoms with Crippen LogP contribution in [-0.2, 0) is 4.79 Å². The Kier molecular flexibility index (Phi) is 3.70. The summed E-state index contributed by atoms with van der Waals surface area (Å²) < 4.78 is 0. The first-order chi connectivity index (χ1) is 9.67. The monoisotopic (exact) mass is 304 g/mol. The molecule has 1 aliphatic rings. The molecule has 0 saturated carbocycles. The summed E-state index contributed by atoms with van der Waals surface area (Å²) >= 11 is 7.52. The first-order valence-electron chi connectivity index (χ1n) is 6.23. The van der Waals surface area contributed by atoms with E-state index in [-0.39, 0.29) is 11.9 Å². The molecule has 1 aliphatic heterocycles. The molecule has 0 saturated heterocycles. The van der Waals surface area contributed by atoms with Gasteiger partial charge in [-0.05, 0) is 43.4 Å². The molecule has 0 spiro atoms. The number of rotatable bonds is 3. The van der Waals surface area contributed by atoms with E-state index < -0.39 is 0 Å². The molecule has 2 aromatic carbocycles. The second kappa shape index (κ2) is 5.48. The highest BCUT2D eigenvalue weighted by molar-refractivity contribution is 7.99. The summed E-state index contributed by atoms with van der Waals surface area (Å²) in [6, 6.07) is 13.5. The van der Waals surface area contributed by atoms with Gasteiger partial charge in [-0.25, -0.2) is 0 Å². The van der Waals surface area contributed by atoms with Gasteiger partial charge in [0.2, 0.25) is 5.91 Å². The summed E-state index contributed by atoms with van der Waals surface area (Å²) in [5.74, 6) is -0.00357. The van der Waals surface area contributed by atoms with Gasteiger partial charge in [-0.2, -0.15) is 0 Å². The number of nitrogens with one attached hydrogen (secondary N) is 2. The van der Waals surface area contributed by atoms with E-state index in [1.54, 1.807) is 18.8 Å². The number of anilines is 1. The molecule has 3 rings (SSSR count). The summed E-state index contributed by atoms with van der Waals surface area (Å²) in [7, 11) is 1.79. The Morgan fingerprint density at radius 3 is 2.55 bits per heavy atom. The normalized spacial score (nSPS) is 16.9. The van der Waals surface area contributed by atoms with E-state index >= 15 is 0 Å². The summed E-state index contributed by atoms with van der Waals surface area (Å²) in [6.07, 6.45) is 0. The predicted octanol–water partition coefficient (Wildman–Crippen LogP) is 3.70. The predicted molar refractivity (Wildman–Crippen MR) is 82.4 cm³/mol. The standard InChI is InChI=1S/C15H13ClN2OS/c1-17-14-12-7-6-11(8-13(12)18-15(14)19)20-10-4-2-9(16)3-5-10/h2-8,14,17H,1H3,(H,18,19). The molecule has 5 heteroatoms. The number of amides is 1. The zero-order valence-corrected chi connectivity index (χ0v) is 12.4. The van der Waals surface area contributed by atoms with E-state index in [0.717, 1.165) is 26.1 Å². The van der Waals surface area contributed by atoms with Crippen molar-refractivity contribution in [2.75, 3.05) is 12.4 Å². The maximum absolute atomic E-state index is 11.8. The van der Waals surface area contributed by atoms with Crippen LogP contribution in [0.5, 0.6) is 0 Å². The average molecular weight is 305 g/mol. The number of hydrogen-bond acceptors (Lipinski definition) is 3. The fourth-order valence-corrected chi connectivity index (χ4v) is 3.21. The minimum atomic E-state index is -0.250. The Hall–Kier alpha value is -1.49. The number of carbonyl (C=O) groups is 1. The van der Waals surface area contributed by atoms with Crippen LogP contribution in [0.2, 0.25) is 5.02 Å². The molecule has 0 radical (unpaired) electrons. The van der Waals surface area contributed by atoms with E-state index in [1.807, 2.05) is 42.5 Å². The first kappa shape index (κ1) is 13.5. The Labute approximate surface area is 126 Å². The molecular formula is C15H13ClN2OS. The van der Waals surface area contributed by atoms with Crippen molar-refractivity contribution in [3.05, 3.63) is 53.1 Å². The van der Waals surface area contributed by atoms with E-state index in [9.17, 15) is 4.79 Å². The van der Waals surface area contributed by atoms with E-state index in [2.05, 4.69) is 10.6 Å². The molecule has 3 nitrogen and oxygen atoms in total. The SMILES string of the molecule is CNC1C(=O)Nc2cc(Sc3ccc(Cl)cc3)ccc21. The highest BCUT2D eigenvalue weighted by Crippen LogP contribution is 2.36. The van der Waals surface area contributed by atoms with Crippen LogP contribution in [-0.4, -0.2) is 13.0 Å². The number of carbonyl (C=O) groups excluding carboxylic acids is 1. The summed E-state index contributed by atoms with van der Waals surface area (Å²) in [5.41, 5.74) is 1.88. The van der Waals surface area contributed by atoms with Gasteiger partial charge >= 0.3 is 0 Å². The molecule has 1 atom stereocenters. The third-order valence-corrected chi connectivity index (χ3v) is 4.44. The highest BCUT2D eigenvalue weighted by atomic mass is 35.5. The Morgan fingerprint density at radius 1 is 1.15 bits per heavy atom. The van der Waals surface area contributed by atoms with Crippen LogP contribution in [0.3, 0.4) is 0 Å². The fourth-order valence-electron chi connectivity index (χ4n) is 2.23. The largest absolute Gasteiger partial charge is 0.324 e. The number of benzene rings is 2. The van der Waals surface area contributed by atoms with Gasteiger partial charge in [0.1, 0.15) is 6.04 Å². The highest BCUT2D eigenvalue weighted by Gasteiger charge is 2.28. The van der Waals surface area contributed by atoms with Crippen molar-refractivity contribution < 1.29 is 4.79 Å². The van der Waals surface area contributed by atoms with Crippen molar-refractivity contribution in [3.8, 4) is 0 Å². The van der Waals surface area contributed by atoms with Gasteiger partial charge < -0.3 is 10.6 Å². The van der Waals surface area contributed by atoms with Crippen LogP contribution in [0, 0.1) is 0 Å². The van der Waals surface area contributed by atoms with Crippen LogP contribution in [0.25, 0.3) is 0 Å². The van der Waals surface area contributed by atoms with Crippen molar-refractivity contribution >= 4 is 35.0 Å². The van der Waals surface area contributed by atoms with Gasteiger partial charge in [0.05, 0.1) is 0 Å². The summed E-state index contributed by atoms with van der Waals surface area (Å²) in [4.78, 5) is 14.0. The van der Waals surface area contributed by atoms with Crippen LogP contribution >= 0.6 is 23.4 Å². The molecule has 2 aromatic rings. The molecule has 2 N–H and O–H groups in total. The van der Waals surface area contributed by atoms with Gasteiger partial charge in [0.25, 0.3) is 0 Å². The van der Waals surface area contributed by atoms with Crippen molar-refractivity contribution in [1.29, 1.82) is 0 Å². The fraction of sp³-hybridized carbons (Fsp3) is 0.133. The second-order valence-electron chi connectivity index (χ2n) is 4.52. The lowest BCUT2D eigenvalue weighted by Crippen LogP contribution is -2.23. The lowest BCUT2D eigenvalue weighted by Gasteiger charge is -2.07. The van der Waals surface area contributed by atoms with Crippen LogP contribution in [0.4, 0.5) is 5.69 Å². The molecule has 0 bridgehead atoms. The van der Waals surface area contributed by atoms with Gasteiger partial charge in [0.15, 0.2) is 0 Å². The third-order valence-electron chi connectivity index (χ3n) is 3.19. The maximum atomic E-state index is 11.8. The van der Waals surface area contributed by atoms with Crippen LogP contribution in [0.15, 0.2) is 52.3 Å². The van der Waals surface area contributed by atoms with Gasteiger partial charge in [-0.1, -0.05) is 29.4 Å². The quantitative estimate of drug-likeness (QED) is 0.908. The van der Waals surface area contributed by atoms with Gasteiger partial charge in [-0.3, -0.25) is 4.79 Å². The molecular weight excluding hydrogens is 292 g/mol. The lowest BCUT2D eigenvalue weighted by atomic mass is 10.1. The van der Waals surface area contributed by atoms with Crippen LogP contribution in [0.1, 0.15) is 11.6 Å². The molecule has 1 unspecified atom stereocenters. The van der Waals surface area contributed by atoms with Gasteiger partial charge in [0, 0.05) is 26.1 Å². The minimum absolute atomic E-state index is 0.00357. The van der Waals surface area contributed by atoms with Crippen LogP contribution < -0.4 is 10.6 Å². The van der Waals surface area contributed by atoms with Crippen molar-refractivity contribution in [1.82, 2.24) is 5.32 Å². The Morgan fingerprint density at radius 2 is 1.85 bits per heavy atom. The van der Waals surface area contributed by atoms with E-state index in [4.69, 9.17) is 11.6 Å². The van der Waals surface area contributed by atoms with Crippen molar-refractivity contribution in [3.63, 3.8) is 0 Å².